The average molecular weight is 380 g/mol. The number of hydrogen-bond donors (Lipinski definition) is 4. The monoisotopic (exact) mass is 379 g/mol. The lowest BCUT2D eigenvalue weighted by molar-refractivity contribution is -0.142. The second-order valence-corrected chi connectivity index (χ2v) is 8.25. The third kappa shape index (κ3) is 2.82. The first-order valence-electron chi connectivity index (χ1n) is 7.87. The number of para-hydroxylation sites is 1. The summed E-state index contributed by atoms with van der Waals surface area (Å²) in [6.07, 6.45) is 4.69. The largest absolute Gasteiger partial charge is 0.389 e. The lowest BCUT2D eigenvalue weighted by atomic mass is 9.98. The van der Waals surface area contributed by atoms with E-state index in [1.54, 1.807) is 12.5 Å². The Kier molecular flexibility index (Phi) is 4.78. The maximum atomic E-state index is 13.0. The second kappa shape index (κ2) is 6.59. The van der Waals surface area contributed by atoms with Gasteiger partial charge in [0.15, 0.2) is 9.74 Å². The number of benzene rings is 1. The van der Waals surface area contributed by atoms with Gasteiger partial charge in [-0.15, -0.1) is 23.5 Å². The van der Waals surface area contributed by atoms with Crippen molar-refractivity contribution in [3.63, 3.8) is 0 Å². The van der Waals surface area contributed by atoms with Crippen LogP contribution in [0.5, 0.6) is 0 Å². The quantitative estimate of drug-likeness (QED) is 0.631. The zero-order valence-electron chi connectivity index (χ0n) is 14.3. The van der Waals surface area contributed by atoms with Crippen LogP contribution in [0.3, 0.4) is 0 Å². The van der Waals surface area contributed by atoms with E-state index >= 15 is 0 Å². The van der Waals surface area contributed by atoms with Crippen LogP contribution in [0.15, 0.2) is 30.5 Å². The van der Waals surface area contributed by atoms with Gasteiger partial charge in [0.1, 0.15) is 0 Å². The first-order chi connectivity index (χ1) is 11.9. The molecule has 2 aromatic rings. The molecule has 4 N–H and O–H groups in total. The van der Waals surface area contributed by atoms with E-state index in [0.29, 0.717) is 6.42 Å². The van der Waals surface area contributed by atoms with Crippen LogP contribution in [0.1, 0.15) is 12.5 Å². The number of H-pyrrole nitrogens is 1. The van der Waals surface area contributed by atoms with E-state index in [0.717, 1.165) is 28.2 Å². The summed E-state index contributed by atoms with van der Waals surface area (Å²) in [5.74, 6) is -0.691. The highest BCUT2D eigenvalue weighted by molar-refractivity contribution is 8.01. The Morgan fingerprint density at radius 1 is 1.12 bits per heavy atom. The van der Waals surface area contributed by atoms with Crippen molar-refractivity contribution in [3.8, 4) is 0 Å². The molecule has 3 rings (SSSR count). The van der Waals surface area contributed by atoms with Crippen molar-refractivity contribution in [3.05, 3.63) is 36.0 Å². The number of aromatic amines is 1. The Bertz CT molecular complexity index is 822. The third-order valence-corrected chi connectivity index (χ3v) is 7.09. The number of aliphatic hydroxyl groups is 1. The lowest BCUT2D eigenvalue weighted by Crippen LogP contribution is -2.76. The Morgan fingerprint density at radius 3 is 2.48 bits per heavy atom. The van der Waals surface area contributed by atoms with Crippen LogP contribution in [0.25, 0.3) is 10.9 Å². The minimum absolute atomic E-state index is 0.305. The fourth-order valence-electron chi connectivity index (χ4n) is 3.15. The van der Waals surface area contributed by atoms with Crippen LogP contribution >= 0.6 is 23.5 Å². The fraction of sp³-hybridized carbons (Fsp3) is 0.412. The molecule has 0 aliphatic carbocycles. The summed E-state index contributed by atoms with van der Waals surface area (Å²) >= 11 is 2.41. The second-order valence-electron chi connectivity index (χ2n) is 6.09. The average Bonchev–Trinajstić information content (AvgIpc) is 3.00. The molecule has 0 radical (unpaired) electrons. The molecule has 8 heteroatoms. The van der Waals surface area contributed by atoms with E-state index in [4.69, 9.17) is 0 Å². The number of amides is 2. The maximum absolute atomic E-state index is 13.0. The molecule has 0 bridgehead atoms. The Balaban J connectivity index is 1.96. The van der Waals surface area contributed by atoms with Gasteiger partial charge in [-0.05, 0) is 31.1 Å². The minimum Gasteiger partial charge on any atom is -0.389 e. The molecule has 1 aromatic heterocycles. The fourth-order valence-corrected chi connectivity index (χ4v) is 4.66. The summed E-state index contributed by atoms with van der Waals surface area (Å²) in [5.41, 5.74) is 1.94. The molecule has 2 heterocycles. The molecule has 134 valence electrons. The van der Waals surface area contributed by atoms with Crippen molar-refractivity contribution in [2.75, 3.05) is 12.5 Å². The number of rotatable bonds is 5. The zero-order valence-corrected chi connectivity index (χ0v) is 15.9. The number of carbonyl (C=O) groups is 2. The van der Waals surface area contributed by atoms with E-state index in [9.17, 15) is 14.7 Å². The van der Waals surface area contributed by atoms with Gasteiger partial charge >= 0.3 is 0 Å². The van der Waals surface area contributed by atoms with Crippen LogP contribution in [0.4, 0.5) is 0 Å². The number of nitrogens with one attached hydrogen (secondary N) is 3. The van der Waals surface area contributed by atoms with Crippen molar-refractivity contribution in [1.82, 2.24) is 15.6 Å². The molecular formula is C17H21N3O3S2. The van der Waals surface area contributed by atoms with Crippen LogP contribution < -0.4 is 10.6 Å². The summed E-state index contributed by atoms with van der Waals surface area (Å²) in [6.45, 7) is 1.50. The molecule has 6 nitrogen and oxygen atoms in total. The smallest absolute Gasteiger partial charge is 0.260 e. The lowest BCUT2D eigenvalue weighted by Gasteiger charge is -2.45. The van der Waals surface area contributed by atoms with Gasteiger partial charge in [-0.2, -0.15) is 0 Å². The Morgan fingerprint density at radius 2 is 1.84 bits per heavy atom. The number of aromatic nitrogens is 1. The van der Waals surface area contributed by atoms with Crippen LogP contribution in [-0.4, -0.2) is 50.3 Å². The number of hydrogen-bond acceptors (Lipinski definition) is 5. The Hall–Kier alpha value is -1.64. The van der Waals surface area contributed by atoms with Gasteiger partial charge in [-0.1, -0.05) is 18.2 Å². The van der Waals surface area contributed by atoms with Crippen molar-refractivity contribution >= 4 is 46.2 Å². The SMILES string of the molecule is CS[C@@]1(Cc2c[nH]c3ccccc23)NC(=O)[C@@](SC)(C(C)O)NC1=O. The molecule has 1 aliphatic rings. The summed E-state index contributed by atoms with van der Waals surface area (Å²) in [4.78, 5) is 26.4. The highest BCUT2D eigenvalue weighted by Crippen LogP contribution is 2.36. The molecule has 1 saturated heterocycles. The van der Waals surface area contributed by atoms with E-state index < -0.39 is 15.8 Å². The molecule has 2 amide bonds. The van der Waals surface area contributed by atoms with Gasteiger partial charge in [0, 0.05) is 23.5 Å². The van der Waals surface area contributed by atoms with Crippen molar-refractivity contribution in [2.45, 2.75) is 29.2 Å². The molecule has 1 aliphatic heterocycles. The summed E-state index contributed by atoms with van der Waals surface area (Å²) in [6, 6.07) is 7.84. The van der Waals surface area contributed by atoms with Gasteiger partial charge < -0.3 is 20.7 Å². The van der Waals surface area contributed by atoms with Gasteiger partial charge in [0.05, 0.1) is 6.10 Å². The number of aliphatic hydroxyl groups excluding tert-OH is 1. The number of thioether (sulfide) groups is 2. The topological polar surface area (TPSA) is 94.2 Å². The van der Waals surface area contributed by atoms with E-state index in [1.807, 2.05) is 30.5 Å². The van der Waals surface area contributed by atoms with Crippen molar-refractivity contribution < 1.29 is 14.7 Å². The van der Waals surface area contributed by atoms with Crippen LogP contribution in [0, 0.1) is 0 Å². The number of fused-ring (bicyclic) bond motifs is 1. The number of piperazine rings is 1. The van der Waals surface area contributed by atoms with Gasteiger partial charge in [-0.3, -0.25) is 9.59 Å². The normalized spacial score (nSPS) is 27.8. The van der Waals surface area contributed by atoms with Crippen molar-refractivity contribution in [1.29, 1.82) is 0 Å². The van der Waals surface area contributed by atoms with E-state index in [1.165, 1.54) is 18.7 Å². The molecule has 0 spiro atoms. The predicted molar refractivity (Wildman–Crippen MR) is 102 cm³/mol. The van der Waals surface area contributed by atoms with E-state index in [-0.39, 0.29) is 11.8 Å². The van der Waals surface area contributed by atoms with Crippen LogP contribution in [0.2, 0.25) is 0 Å². The van der Waals surface area contributed by atoms with Crippen molar-refractivity contribution in [2.24, 2.45) is 0 Å². The molecule has 1 unspecified atom stereocenters. The first-order valence-corrected chi connectivity index (χ1v) is 10.3. The van der Waals surface area contributed by atoms with Gasteiger partial charge in [-0.25, -0.2) is 0 Å². The predicted octanol–water partition coefficient (Wildman–Crippen LogP) is 1.46. The molecule has 1 fully saturated rings. The highest BCUT2D eigenvalue weighted by Gasteiger charge is 2.55. The summed E-state index contributed by atoms with van der Waals surface area (Å²) in [7, 11) is 0. The molecule has 25 heavy (non-hydrogen) atoms. The number of carbonyl (C=O) groups excluding carboxylic acids is 2. The van der Waals surface area contributed by atoms with Gasteiger partial charge in [0.2, 0.25) is 0 Å². The summed E-state index contributed by atoms with van der Waals surface area (Å²) in [5, 5.41) is 16.7. The maximum Gasteiger partial charge on any atom is 0.260 e. The third-order valence-electron chi connectivity index (χ3n) is 4.69. The first kappa shape index (κ1) is 18.2. The highest BCUT2D eigenvalue weighted by atomic mass is 32.2. The minimum atomic E-state index is -1.36. The standard InChI is InChI=1S/C17H21N3O3S2/c1-10(21)17(25-3)15(23)19-16(24-2,14(22)20-17)8-11-9-18-13-7-5-4-6-12(11)13/h4-7,9-10,18,21H,8H2,1-3H3,(H,19,23)(H,20,22)/t10?,16-,17+/m1/s1. The summed E-state index contributed by atoms with van der Waals surface area (Å²) < 4.78 is 0. The zero-order chi connectivity index (χ0) is 18.2. The van der Waals surface area contributed by atoms with Crippen LogP contribution in [-0.2, 0) is 16.0 Å². The van der Waals surface area contributed by atoms with E-state index in [2.05, 4.69) is 15.6 Å². The Labute approximate surface area is 154 Å². The van der Waals surface area contributed by atoms with Gasteiger partial charge in [0.25, 0.3) is 11.8 Å². The molecule has 3 atom stereocenters. The molecule has 1 aromatic carbocycles. The molecule has 0 saturated carbocycles. The molecular weight excluding hydrogens is 358 g/mol.